The average Bonchev–Trinajstić information content (AvgIpc) is 3.34. The molecule has 5 rings (SSSR count). The maximum absolute atomic E-state index is 12.8. The SMILES string of the molecule is Cc1ccnc(NC(=O)c2ccc(-c3nn([C@H]4CC[C@H](NC(=O)/C=C/CN(C)C)CC4)c4ncnc(N)c34)cc2)c1. The van der Waals surface area contributed by atoms with Crippen LogP contribution < -0.4 is 16.4 Å². The minimum Gasteiger partial charge on any atom is -0.383 e. The molecule has 11 nitrogen and oxygen atoms in total. The molecule has 1 aliphatic carbocycles. The molecule has 212 valence electrons. The molecule has 0 atom stereocenters. The molecule has 1 saturated carbocycles. The highest BCUT2D eigenvalue weighted by Gasteiger charge is 2.27. The first kappa shape index (κ1) is 27.9. The first-order valence-electron chi connectivity index (χ1n) is 13.7. The van der Waals surface area contributed by atoms with E-state index in [9.17, 15) is 9.59 Å². The van der Waals surface area contributed by atoms with E-state index in [0.29, 0.717) is 33.9 Å². The predicted octanol–water partition coefficient (Wildman–Crippen LogP) is 3.75. The van der Waals surface area contributed by atoms with E-state index in [1.54, 1.807) is 24.4 Å². The minimum absolute atomic E-state index is 0.0603. The molecule has 11 heteroatoms. The van der Waals surface area contributed by atoms with E-state index in [1.165, 1.54) is 6.33 Å². The van der Waals surface area contributed by atoms with E-state index >= 15 is 0 Å². The van der Waals surface area contributed by atoms with E-state index in [2.05, 4.69) is 25.6 Å². The number of pyridine rings is 1. The lowest BCUT2D eigenvalue weighted by Gasteiger charge is -2.29. The number of aromatic nitrogens is 5. The summed E-state index contributed by atoms with van der Waals surface area (Å²) in [6, 6.07) is 11.2. The number of hydrogen-bond donors (Lipinski definition) is 3. The Hall–Kier alpha value is -4.64. The minimum atomic E-state index is -0.245. The van der Waals surface area contributed by atoms with Gasteiger partial charge in [0, 0.05) is 36.0 Å². The maximum atomic E-state index is 12.8. The van der Waals surface area contributed by atoms with E-state index in [-0.39, 0.29) is 23.9 Å². The molecule has 3 aromatic heterocycles. The van der Waals surface area contributed by atoms with Crippen LogP contribution in [-0.4, -0.2) is 68.1 Å². The second kappa shape index (κ2) is 12.3. The van der Waals surface area contributed by atoms with E-state index in [4.69, 9.17) is 10.8 Å². The molecular formula is C30H35N9O2. The Morgan fingerprint density at radius 2 is 1.83 bits per heavy atom. The number of anilines is 2. The molecule has 0 bridgehead atoms. The van der Waals surface area contributed by atoms with Gasteiger partial charge in [-0.15, -0.1) is 0 Å². The first-order chi connectivity index (χ1) is 19.8. The number of fused-ring (bicyclic) bond motifs is 1. The van der Waals surface area contributed by atoms with Crippen LogP contribution in [0.4, 0.5) is 11.6 Å². The monoisotopic (exact) mass is 553 g/mol. The molecule has 2 amide bonds. The number of carbonyl (C=O) groups excluding carboxylic acids is 2. The van der Waals surface area contributed by atoms with Crippen LogP contribution >= 0.6 is 0 Å². The third-order valence-electron chi connectivity index (χ3n) is 7.22. The number of amides is 2. The highest BCUT2D eigenvalue weighted by Crippen LogP contribution is 2.36. The Morgan fingerprint density at radius 1 is 1.07 bits per heavy atom. The van der Waals surface area contributed by atoms with Crippen molar-refractivity contribution in [2.24, 2.45) is 0 Å². The maximum Gasteiger partial charge on any atom is 0.256 e. The van der Waals surface area contributed by atoms with Crippen molar-refractivity contribution in [3.8, 4) is 11.3 Å². The van der Waals surface area contributed by atoms with Crippen LogP contribution in [0.2, 0.25) is 0 Å². The molecule has 3 heterocycles. The number of carbonyl (C=O) groups is 2. The molecule has 0 aliphatic heterocycles. The van der Waals surface area contributed by atoms with Crippen LogP contribution in [-0.2, 0) is 4.79 Å². The zero-order chi connectivity index (χ0) is 28.9. The van der Waals surface area contributed by atoms with Gasteiger partial charge in [0.2, 0.25) is 5.91 Å². The van der Waals surface area contributed by atoms with Crippen molar-refractivity contribution in [1.29, 1.82) is 0 Å². The Bertz CT molecular complexity index is 1570. The molecule has 0 radical (unpaired) electrons. The zero-order valence-electron chi connectivity index (χ0n) is 23.5. The lowest BCUT2D eigenvalue weighted by Crippen LogP contribution is -2.37. The highest BCUT2D eigenvalue weighted by atomic mass is 16.2. The summed E-state index contributed by atoms with van der Waals surface area (Å²) in [4.78, 5) is 40.0. The Balaban J connectivity index is 1.31. The first-order valence-corrected chi connectivity index (χ1v) is 13.7. The summed E-state index contributed by atoms with van der Waals surface area (Å²) in [7, 11) is 3.93. The number of likely N-dealkylation sites (N-methyl/N-ethyl adjacent to an activating group) is 1. The summed E-state index contributed by atoms with van der Waals surface area (Å²) in [5.74, 6) is 0.553. The number of nitrogens with one attached hydrogen (secondary N) is 2. The second-order valence-electron chi connectivity index (χ2n) is 10.7. The number of benzene rings is 1. The van der Waals surface area contributed by atoms with Crippen LogP contribution in [0.25, 0.3) is 22.3 Å². The summed E-state index contributed by atoms with van der Waals surface area (Å²) in [5.41, 5.74) is 9.99. The Kier molecular flexibility index (Phi) is 8.34. The number of nitrogens with zero attached hydrogens (tertiary/aromatic N) is 6. The van der Waals surface area contributed by atoms with Crippen molar-refractivity contribution < 1.29 is 9.59 Å². The number of aryl methyl sites for hydroxylation is 1. The van der Waals surface area contributed by atoms with Gasteiger partial charge in [-0.3, -0.25) is 9.59 Å². The lowest BCUT2D eigenvalue weighted by atomic mass is 9.91. The molecule has 1 aromatic carbocycles. The van der Waals surface area contributed by atoms with Crippen molar-refractivity contribution >= 4 is 34.5 Å². The summed E-state index contributed by atoms with van der Waals surface area (Å²) in [6.45, 7) is 2.67. The molecule has 1 fully saturated rings. The van der Waals surface area contributed by atoms with Crippen LogP contribution in [0.3, 0.4) is 0 Å². The van der Waals surface area contributed by atoms with Crippen molar-refractivity contribution in [2.75, 3.05) is 31.7 Å². The van der Waals surface area contributed by atoms with Gasteiger partial charge in [0.25, 0.3) is 5.91 Å². The zero-order valence-corrected chi connectivity index (χ0v) is 23.5. The highest BCUT2D eigenvalue weighted by molar-refractivity contribution is 6.04. The van der Waals surface area contributed by atoms with Gasteiger partial charge in [0.15, 0.2) is 5.65 Å². The van der Waals surface area contributed by atoms with Crippen LogP contribution in [0, 0.1) is 6.92 Å². The van der Waals surface area contributed by atoms with Crippen molar-refractivity contribution in [1.82, 2.24) is 34.9 Å². The third-order valence-corrected chi connectivity index (χ3v) is 7.22. The molecular weight excluding hydrogens is 518 g/mol. The van der Waals surface area contributed by atoms with Gasteiger partial charge in [-0.25, -0.2) is 19.6 Å². The fraction of sp³-hybridized carbons (Fsp3) is 0.333. The number of rotatable bonds is 8. The van der Waals surface area contributed by atoms with Gasteiger partial charge in [0.1, 0.15) is 23.7 Å². The van der Waals surface area contributed by atoms with Gasteiger partial charge in [0.05, 0.1) is 11.4 Å². The summed E-state index contributed by atoms with van der Waals surface area (Å²) < 4.78 is 1.95. The van der Waals surface area contributed by atoms with Gasteiger partial charge in [-0.2, -0.15) is 5.10 Å². The summed E-state index contributed by atoms with van der Waals surface area (Å²) in [6.07, 6.45) is 9.96. The number of nitrogen functional groups attached to an aromatic ring is 1. The third kappa shape index (κ3) is 6.58. The summed E-state index contributed by atoms with van der Waals surface area (Å²) >= 11 is 0. The average molecular weight is 554 g/mol. The quantitative estimate of drug-likeness (QED) is 0.280. The molecule has 0 unspecified atom stereocenters. The fourth-order valence-corrected chi connectivity index (χ4v) is 5.11. The second-order valence-corrected chi connectivity index (χ2v) is 10.7. The molecule has 0 spiro atoms. The molecule has 1 aliphatic rings. The van der Waals surface area contributed by atoms with Gasteiger partial charge >= 0.3 is 0 Å². The Labute approximate surface area is 238 Å². The van der Waals surface area contributed by atoms with Crippen molar-refractivity contribution in [3.05, 3.63) is 72.2 Å². The van der Waals surface area contributed by atoms with E-state index in [0.717, 1.165) is 43.4 Å². The van der Waals surface area contributed by atoms with E-state index < -0.39 is 0 Å². The van der Waals surface area contributed by atoms with Crippen LogP contribution in [0.5, 0.6) is 0 Å². The number of nitrogens with two attached hydrogens (primary N) is 1. The molecule has 4 N–H and O–H groups in total. The standard InChI is InChI=1S/C30H35N9O2/c1-19-14-15-32-24(17-19)36-30(41)21-8-6-20(7-9-21)27-26-28(31)33-18-34-29(26)39(37-27)23-12-10-22(11-13-23)35-25(40)5-4-16-38(2)3/h4-9,14-15,17-18,22-23H,10-13,16H2,1-3H3,(H,35,40)(H2,31,33,34)(H,32,36,41)/b5-4+/t22-,23-. The normalized spacial score (nSPS) is 17.3. The predicted molar refractivity (Wildman–Crippen MR) is 159 cm³/mol. The molecule has 0 saturated heterocycles. The van der Waals surface area contributed by atoms with Gasteiger partial charge in [-0.05, 0) is 76.5 Å². The molecule has 4 aromatic rings. The molecule has 41 heavy (non-hydrogen) atoms. The van der Waals surface area contributed by atoms with Crippen molar-refractivity contribution in [2.45, 2.75) is 44.7 Å². The largest absolute Gasteiger partial charge is 0.383 e. The number of hydrogen-bond acceptors (Lipinski definition) is 8. The van der Waals surface area contributed by atoms with Gasteiger partial charge in [-0.1, -0.05) is 18.2 Å². The Morgan fingerprint density at radius 3 is 2.54 bits per heavy atom. The van der Waals surface area contributed by atoms with Crippen LogP contribution in [0.15, 0.2) is 61.1 Å². The topological polar surface area (TPSA) is 144 Å². The van der Waals surface area contributed by atoms with Gasteiger partial charge < -0.3 is 21.3 Å². The summed E-state index contributed by atoms with van der Waals surface area (Å²) in [5, 5.41) is 11.6. The fourth-order valence-electron chi connectivity index (χ4n) is 5.11. The lowest BCUT2D eigenvalue weighted by molar-refractivity contribution is -0.117. The van der Waals surface area contributed by atoms with Crippen LogP contribution in [0.1, 0.15) is 47.6 Å². The van der Waals surface area contributed by atoms with E-state index in [1.807, 2.05) is 60.9 Å². The smallest absolute Gasteiger partial charge is 0.256 e. The van der Waals surface area contributed by atoms with Crippen molar-refractivity contribution in [3.63, 3.8) is 0 Å².